The number of hydrogen-bond acceptors (Lipinski definition) is 5. The maximum atomic E-state index is 5.02. The van der Waals surface area contributed by atoms with E-state index in [0.29, 0.717) is 0 Å². The van der Waals surface area contributed by atoms with E-state index in [0.717, 1.165) is 12.1 Å². The quantitative estimate of drug-likeness (QED) is 0.308. The molecule has 0 unspecified atom stereocenters. The van der Waals surface area contributed by atoms with Crippen molar-refractivity contribution >= 4 is 12.1 Å². The lowest BCUT2D eigenvalue weighted by Crippen LogP contribution is -2.35. The molecule has 0 aromatic rings. The van der Waals surface area contributed by atoms with Gasteiger partial charge in [0.1, 0.15) is 0 Å². The van der Waals surface area contributed by atoms with Gasteiger partial charge in [-0.1, -0.05) is 0 Å². The SMILES string of the molecule is CC(C)(C)ONNSN. The first-order valence-corrected chi connectivity index (χ1v) is 3.48. The van der Waals surface area contributed by atoms with Gasteiger partial charge in [-0.25, -0.2) is 0 Å². The van der Waals surface area contributed by atoms with Crippen LogP contribution in [0.2, 0.25) is 0 Å². The third-order valence-corrected chi connectivity index (χ3v) is 0.659. The lowest BCUT2D eigenvalue weighted by atomic mass is 10.2. The molecule has 0 aliphatic heterocycles. The third kappa shape index (κ3) is 8.19. The van der Waals surface area contributed by atoms with E-state index in [9.17, 15) is 0 Å². The van der Waals surface area contributed by atoms with Gasteiger partial charge in [0.25, 0.3) is 0 Å². The number of nitrogens with one attached hydrogen (secondary N) is 2. The summed E-state index contributed by atoms with van der Waals surface area (Å²) in [5.74, 6) is 0. The largest absolute Gasteiger partial charge is 0.280 e. The normalized spacial score (nSPS) is 12.0. The molecule has 0 fully saturated rings. The van der Waals surface area contributed by atoms with Crippen molar-refractivity contribution in [1.82, 2.24) is 10.4 Å². The molecule has 0 amide bonds. The lowest BCUT2D eigenvalue weighted by molar-refractivity contribution is -0.0804. The summed E-state index contributed by atoms with van der Waals surface area (Å²) >= 11 is 0.956. The maximum absolute atomic E-state index is 5.02. The van der Waals surface area contributed by atoms with E-state index >= 15 is 0 Å². The van der Waals surface area contributed by atoms with E-state index in [1.54, 1.807) is 0 Å². The van der Waals surface area contributed by atoms with Gasteiger partial charge in [-0.05, 0) is 20.8 Å². The van der Waals surface area contributed by atoms with Gasteiger partial charge < -0.3 is 0 Å². The molecule has 4 N–H and O–H groups in total. The molecule has 0 radical (unpaired) electrons. The van der Waals surface area contributed by atoms with Gasteiger partial charge in [-0.2, -0.15) is 4.83 Å². The van der Waals surface area contributed by atoms with Gasteiger partial charge in [0.05, 0.1) is 5.60 Å². The first kappa shape index (κ1) is 9.19. The zero-order valence-corrected chi connectivity index (χ0v) is 6.71. The van der Waals surface area contributed by atoms with Crippen LogP contribution in [0.5, 0.6) is 0 Å². The van der Waals surface area contributed by atoms with Gasteiger partial charge in [0.2, 0.25) is 0 Å². The molecule has 0 heterocycles. The minimum absolute atomic E-state index is 0.192. The first-order valence-electron chi connectivity index (χ1n) is 2.60. The molecular formula is C4H13N3OS. The molecular weight excluding hydrogens is 138 g/mol. The molecule has 56 valence electrons. The van der Waals surface area contributed by atoms with Crippen molar-refractivity contribution in [2.75, 3.05) is 0 Å². The highest BCUT2D eigenvalue weighted by molar-refractivity contribution is 7.95. The molecule has 0 saturated heterocycles. The van der Waals surface area contributed by atoms with Crippen molar-refractivity contribution in [3.63, 3.8) is 0 Å². The predicted molar refractivity (Wildman–Crippen MR) is 38.9 cm³/mol. The number of rotatable bonds is 3. The number of hydrazine groups is 1. The smallest absolute Gasteiger partial charge is 0.0829 e. The predicted octanol–water partition coefficient (Wildman–Crippen LogP) is 0.333. The topological polar surface area (TPSA) is 59.3 Å². The Kier molecular flexibility index (Phi) is 4.16. The summed E-state index contributed by atoms with van der Waals surface area (Å²) < 4.78 is 0. The summed E-state index contributed by atoms with van der Waals surface area (Å²) in [7, 11) is 0. The highest BCUT2D eigenvalue weighted by Crippen LogP contribution is 2.02. The van der Waals surface area contributed by atoms with Crippen LogP contribution in [-0.4, -0.2) is 5.60 Å². The van der Waals surface area contributed by atoms with Crippen LogP contribution < -0.4 is 15.6 Å². The standard InChI is InChI=1S/C4H13N3OS/c1-4(2,3)8-6-7-9-5/h6-7H,5H2,1-3H3. The Hall–Kier alpha value is 0.190. The second-order valence-corrected chi connectivity index (χ2v) is 2.98. The van der Waals surface area contributed by atoms with Gasteiger partial charge >= 0.3 is 0 Å². The molecule has 0 bridgehead atoms. The van der Waals surface area contributed by atoms with Crippen LogP contribution in [-0.2, 0) is 4.84 Å². The van der Waals surface area contributed by atoms with Crippen LogP contribution in [0.25, 0.3) is 0 Å². The Bertz CT molecular complexity index is 72.7. The fourth-order valence-corrected chi connectivity index (χ4v) is 0.288. The van der Waals surface area contributed by atoms with Crippen LogP contribution in [0.3, 0.4) is 0 Å². The molecule has 9 heavy (non-hydrogen) atoms. The molecule has 0 aliphatic rings. The highest BCUT2D eigenvalue weighted by Gasteiger charge is 2.08. The molecule has 4 nitrogen and oxygen atoms in total. The minimum atomic E-state index is -0.192. The minimum Gasteiger partial charge on any atom is -0.280 e. The Morgan fingerprint density at radius 3 is 2.33 bits per heavy atom. The summed E-state index contributed by atoms with van der Waals surface area (Å²) in [6.45, 7) is 5.80. The van der Waals surface area contributed by atoms with E-state index in [1.165, 1.54) is 0 Å². The van der Waals surface area contributed by atoms with Crippen molar-refractivity contribution in [1.29, 1.82) is 0 Å². The maximum Gasteiger partial charge on any atom is 0.0829 e. The summed E-state index contributed by atoms with van der Waals surface area (Å²) in [4.78, 5) is 7.53. The summed E-state index contributed by atoms with van der Waals surface area (Å²) in [5.41, 5.74) is 2.27. The van der Waals surface area contributed by atoms with Crippen LogP contribution in [0.15, 0.2) is 0 Å². The van der Waals surface area contributed by atoms with Crippen molar-refractivity contribution in [3.8, 4) is 0 Å². The van der Waals surface area contributed by atoms with Crippen LogP contribution in [0.1, 0.15) is 20.8 Å². The third-order valence-electron chi connectivity index (χ3n) is 0.458. The second kappa shape index (κ2) is 4.08. The van der Waals surface area contributed by atoms with E-state index in [1.807, 2.05) is 20.8 Å². The van der Waals surface area contributed by atoms with Crippen LogP contribution in [0.4, 0.5) is 0 Å². The van der Waals surface area contributed by atoms with Gasteiger partial charge in [-0.3, -0.25) is 9.98 Å². The van der Waals surface area contributed by atoms with E-state index in [4.69, 9.17) is 9.98 Å². The van der Waals surface area contributed by atoms with E-state index in [2.05, 4.69) is 10.4 Å². The molecule has 0 aliphatic carbocycles. The fourth-order valence-electron chi connectivity index (χ4n) is 0.198. The summed E-state index contributed by atoms with van der Waals surface area (Å²) in [6, 6.07) is 0. The number of hydrogen-bond donors (Lipinski definition) is 3. The average Bonchev–Trinajstić information content (AvgIpc) is 1.63. The van der Waals surface area contributed by atoms with Crippen LogP contribution >= 0.6 is 12.1 Å². The van der Waals surface area contributed by atoms with Gasteiger partial charge in [0, 0.05) is 12.1 Å². The first-order chi connectivity index (χ1) is 4.06. The summed E-state index contributed by atoms with van der Waals surface area (Å²) in [6.07, 6.45) is 0. The Morgan fingerprint density at radius 1 is 1.44 bits per heavy atom. The molecule has 0 atom stereocenters. The number of nitrogens with two attached hydrogens (primary N) is 1. The van der Waals surface area contributed by atoms with E-state index in [-0.39, 0.29) is 5.60 Å². The van der Waals surface area contributed by atoms with E-state index < -0.39 is 0 Å². The lowest BCUT2D eigenvalue weighted by Gasteiger charge is -2.18. The van der Waals surface area contributed by atoms with Crippen molar-refractivity contribution in [2.24, 2.45) is 5.14 Å². The van der Waals surface area contributed by atoms with Gasteiger partial charge in [-0.15, -0.1) is 5.59 Å². The molecule has 0 spiro atoms. The fraction of sp³-hybridized carbons (Fsp3) is 1.00. The zero-order chi connectivity index (χ0) is 7.33. The molecule has 5 heteroatoms. The summed E-state index contributed by atoms with van der Waals surface area (Å²) in [5, 5.41) is 5.02. The average molecular weight is 151 g/mol. The van der Waals surface area contributed by atoms with Gasteiger partial charge in [0.15, 0.2) is 0 Å². The van der Waals surface area contributed by atoms with Crippen molar-refractivity contribution in [3.05, 3.63) is 0 Å². The second-order valence-electron chi connectivity index (χ2n) is 2.54. The Labute approximate surface area is 59.7 Å². The highest BCUT2D eigenvalue weighted by atomic mass is 32.2. The molecule has 0 saturated carbocycles. The Balaban J connectivity index is 3.07. The molecule has 0 aromatic carbocycles. The molecule has 0 aromatic heterocycles. The van der Waals surface area contributed by atoms with Crippen LogP contribution in [0, 0.1) is 0 Å². The zero-order valence-electron chi connectivity index (χ0n) is 5.89. The monoisotopic (exact) mass is 151 g/mol. The van der Waals surface area contributed by atoms with Crippen molar-refractivity contribution in [2.45, 2.75) is 26.4 Å². The van der Waals surface area contributed by atoms with Crippen molar-refractivity contribution < 1.29 is 4.84 Å². The Morgan fingerprint density at radius 2 is 2.00 bits per heavy atom. The molecule has 0 rings (SSSR count).